The number of nitrogens with one attached hydrogen (secondary N) is 1. The monoisotopic (exact) mass is 548 g/mol. The maximum atomic E-state index is 13.7. The van der Waals surface area contributed by atoms with Gasteiger partial charge in [-0.05, 0) is 58.7 Å². The lowest BCUT2D eigenvalue weighted by Gasteiger charge is -2.31. The lowest BCUT2D eigenvalue weighted by molar-refractivity contribution is 0.278. The lowest BCUT2D eigenvalue weighted by Crippen LogP contribution is -2.43. The fraction of sp³-hybridized carbons (Fsp3) is 0.172. The predicted octanol–water partition coefficient (Wildman–Crippen LogP) is 4.16. The molecule has 4 aromatic carbocycles. The predicted molar refractivity (Wildman–Crippen MR) is 148 cm³/mol. The highest BCUT2D eigenvalue weighted by Gasteiger charge is 2.42. The van der Waals surface area contributed by atoms with Gasteiger partial charge < -0.3 is 10.0 Å². The molecule has 5 rings (SSSR count). The lowest BCUT2D eigenvalue weighted by atomic mass is 9.98. The molecule has 0 aromatic heterocycles. The summed E-state index contributed by atoms with van der Waals surface area (Å²) in [6.07, 6.45) is 1.12. The number of anilines is 1. The zero-order chi connectivity index (χ0) is 26.9. The molecule has 0 spiro atoms. The van der Waals surface area contributed by atoms with Gasteiger partial charge in [0.05, 0.1) is 22.4 Å². The van der Waals surface area contributed by atoms with Crippen molar-refractivity contribution in [3.63, 3.8) is 0 Å². The fourth-order valence-electron chi connectivity index (χ4n) is 4.90. The van der Waals surface area contributed by atoms with Crippen LogP contribution in [-0.4, -0.2) is 40.2 Å². The molecule has 0 radical (unpaired) electrons. The van der Waals surface area contributed by atoms with Gasteiger partial charge in [-0.2, -0.15) is 0 Å². The second-order valence-corrected chi connectivity index (χ2v) is 13.2. The SMILES string of the molecule is CS(=O)(=O)c1cc(-c2cccc(C3CNC(S(=O)(=O)c4ccccc4)N3c3ccccc3)c2)ccc1CO. The zero-order valence-corrected chi connectivity index (χ0v) is 22.4. The van der Waals surface area contributed by atoms with Gasteiger partial charge in [0.2, 0.25) is 9.84 Å². The second-order valence-electron chi connectivity index (χ2n) is 9.26. The molecule has 2 N–H and O–H groups in total. The molecule has 0 amide bonds. The molecule has 0 saturated carbocycles. The van der Waals surface area contributed by atoms with E-state index in [1.54, 1.807) is 48.5 Å². The van der Waals surface area contributed by atoms with E-state index in [0.29, 0.717) is 17.7 Å². The largest absolute Gasteiger partial charge is 0.392 e. The topological polar surface area (TPSA) is 104 Å². The van der Waals surface area contributed by atoms with Crippen LogP contribution in [-0.2, 0) is 26.3 Å². The molecule has 0 bridgehead atoms. The summed E-state index contributed by atoms with van der Waals surface area (Å²) in [5.74, 6) is 0. The van der Waals surface area contributed by atoms with Crippen molar-refractivity contribution in [2.75, 3.05) is 17.7 Å². The number of aliphatic hydroxyl groups is 1. The van der Waals surface area contributed by atoms with E-state index < -0.39 is 25.2 Å². The summed E-state index contributed by atoms with van der Waals surface area (Å²) in [7, 11) is -7.29. The normalized spacial score (nSPS) is 18.0. The van der Waals surface area contributed by atoms with Crippen LogP contribution in [0.2, 0.25) is 0 Å². The molecule has 2 atom stereocenters. The number of hydrogen-bond acceptors (Lipinski definition) is 7. The Labute approximate surface area is 223 Å². The summed E-state index contributed by atoms with van der Waals surface area (Å²) in [6, 6.07) is 30.2. The average molecular weight is 549 g/mol. The molecule has 196 valence electrons. The van der Waals surface area contributed by atoms with E-state index in [2.05, 4.69) is 5.32 Å². The van der Waals surface area contributed by atoms with Gasteiger partial charge in [0.15, 0.2) is 15.3 Å². The highest BCUT2D eigenvalue weighted by Crippen LogP contribution is 2.37. The van der Waals surface area contributed by atoms with Crippen LogP contribution in [0.3, 0.4) is 0 Å². The van der Waals surface area contributed by atoms with E-state index in [-0.39, 0.29) is 22.4 Å². The van der Waals surface area contributed by atoms with Gasteiger partial charge in [-0.3, -0.25) is 5.32 Å². The van der Waals surface area contributed by atoms with Crippen LogP contribution in [0.25, 0.3) is 11.1 Å². The molecule has 0 aliphatic carbocycles. The van der Waals surface area contributed by atoms with E-state index in [0.717, 1.165) is 23.1 Å². The third kappa shape index (κ3) is 4.98. The number of para-hydroxylation sites is 1. The molecule has 1 fully saturated rings. The fourth-order valence-corrected chi connectivity index (χ4v) is 7.53. The van der Waals surface area contributed by atoms with Crippen molar-refractivity contribution in [2.45, 2.75) is 27.9 Å². The highest BCUT2D eigenvalue weighted by atomic mass is 32.2. The molecule has 1 aliphatic heterocycles. The highest BCUT2D eigenvalue weighted by molar-refractivity contribution is 7.92. The Kier molecular flexibility index (Phi) is 7.11. The van der Waals surface area contributed by atoms with Crippen molar-refractivity contribution in [1.82, 2.24) is 5.32 Å². The first-order valence-corrected chi connectivity index (χ1v) is 15.5. The molecule has 2 unspecified atom stereocenters. The van der Waals surface area contributed by atoms with Crippen LogP contribution in [0.1, 0.15) is 17.2 Å². The summed E-state index contributed by atoms with van der Waals surface area (Å²) < 4.78 is 52.1. The van der Waals surface area contributed by atoms with Gasteiger partial charge >= 0.3 is 0 Å². The Bertz CT molecular complexity index is 1660. The van der Waals surface area contributed by atoms with Crippen LogP contribution >= 0.6 is 0 Å². The van der Waals surface area contributed by atoms with Gasteiger partial charge in [0.1, 0.15) is 0 Å². The van der Waals surface area contributed by atoms with Crippen molar-refractivity contribution >= 4 is 25.4 Å². The van der Waals surface area contributed by atoms with E-state index in [4.69, 9.17) is 0 Å². The molecule has 9 heteroatoms. The van der Waals surface area contributed by atoms with Crippen molar-refractivity contribution in [2.24, 2.45) is 0 Å². The number of hydrogen-bond donors (Lipinski definition) is 2. The third-order valence-electron chi connectivity index (χ3n) is 6.74. The molecule has 1 aliphatic rings. The van der Waals surface area contributed by atoms with Gasteiger partial charge in [-0.25, -0.2) is 16.8 Å². The van der Waals surface area contributed by atoms with Crippen LogP contribution in [0.4, 0.5) is 5.69 Å². The maximum absolute atomic E-state index is 13.7. The Morgan fingerprint density at radius 3 is 2.13 bits per heavy atom. The zero-order valence-electron chi connectivity index (χ0n) is 20.7. The van der Waals surface area contributed by atoms with Crippen molar-refractivity contribution in [3.05, 3.63) is 114 Å². The molecule has 4 aromatic rings. The number of aliphatic hydroxyl groups excluding tert-OH is 1. The van der Waals surface area contributed by atoms with Gasteiger partial charge in [-0.15, -0.1) is 0 Å². The summed E-state index contributed by atoms with van der Waals surface area (Å²) in [5, 5.41) is 12.8. The van der Waals surface area contributed by atoms with E-state index >= 15 is 0 Å². The van der Waals surface area contributed by atoms with Gasteiger partial charge in [0.25, 0.3) is 0 Å². The number of nitrogens with zero attached hydrogens (tertiary/aromatic N) is 1. The number of benzene rings is 4. The van der Waals surface area contributed by atoms with Crippen LogP contribution in [0, 0.1) is 0 Å². The van der Waals surface area contributed by atoms with Crippen molar-refractivity contribution in [1.29, 1.82) is 0 Å². The Hall–Kier alpha value is -3.50. The first kappa shape index (κ1) is 26.1. The quantitative estimate of drug-likeness (QED) is 0.358. The Balaban J connectivity index is 1.58. The standard InChI is InChI=1S/C29H28N2O5S2/c1-37(33,34)28-18-22(15-16-24(28)20-32)21-9-8-10-23(17-21)27-19-30-29(31(27)25-11-4-2-5-12-25)38(35,36)26-13-6-3-7-14-26/h2-18,27,29-30,32H,19-20H2,1H3. The first-order valence-electron chi connectivity index (χ1n) is 12.1. The summed E-state index contributed by atoms with van der Waals surface area (Å²) in [4.78, 5) is 2.22. The van der Waals surface area contributed by atoms with Crippen LogP contribution < -0.4 is 10.2 Å². The summed E-state index contributed by atoms with van der Waals surface area (Å²) in [6.45, 7) is 0.0207. The molecular weight excluding hydrogens is 520 g/mol. The third-order valence-corrected chi connectivity index (χ3v) is 9.83. The number of rotatable bonds is 7. The molecule has 1 saturated heterocycles. The molecular formula is C29H28N2O5S2. The van der Waals surface area contributed by atoms with Crippen molar-refractivity contribution in [3.8, 4) is 11.1 Å². The minimum absolute atomic E-state index is 0.0883. The van der Waals surface area contributed by atoms with Crippen LogP contribution in [0.5, 0.6) is 0 Å². The Morgan fingerprint density at radius 1 is 0.816 bits per heavy atom. The maximum Gasteiger partial charge on any atom is 0.213 e. The van der Waals surface area contributed by atoms with Crippen LogP contribution in [0.15, 0.2) is 113 Å². The van der Waals surface area contributed by atoms with Crippen molar-refractivity contribution < 1.29 is 21.9 Å². The minimum Gasteiger partial charge on any atom is -0.392 e. The number of sulfone groups is 2. The van der Waals surface area contributed by atoms with Gasteiger partial charge in [0, 0.05) is 18.5 Å². The molecule has 38 heavy (non-hydrogen) atoms. The second kappa shape index (κ2) is 10.3. The van der Waals surface area contributed by atoms with E-state index in [1.165, 1.54) is 0 Å². The minimum atomic E-state index is -3.74. The summed E-state index contributed by atoms with van der Waals surface area (Å²) >= 11 is 0. The average Bonchev–Trinajstić information content (AvgIpc) is 3.40. The Morgan fingerprint density at radius 2 is 1.47 bits per heavy atom. The van der Waals surface area contributed by atoms with E-state index in [1.807, 2.05) is 59.5 Å². The molecule has 1 heterocycles. The van der Waals surface area contributed by atoms with E-state index in [9.17, 15) is 21.9 Å². The summed E-state index contributed by atoms with van der Waals surface area (Å²) in [5.41, 5.74) is 2.51. The first-order chi connectivity index (χ1) is 18.2. The van der Waals surface area contributed by atoms with Gasteiger partial charge in [-0.1, -0.05) is 66.7 Å². The molecule has 7 nitrogen and oxygen atoms in total. The smallest absolute Gasteiger partial charge is 0.213 e.